The highest BCUT2D eigenvalue weighted by molar-refractivity contribution is 6.32. The lowest BCUT2D eigenvalue weighted by Gasteiger charge is -2.33. The van der Waals surface area contributed by atoms with Crippen LogP contribution in [0.1, 0.15) is 62.1 Å². The molecule has 0 aromatic heterocycles. The highest BCUT2D eigenvalue weighted by Crippen LogP contribution is 2.26. The molecule has 0 unspecified atom stereocenters. The van der Waals surface area contributed by atoms with Crippen LogP contribution in [-0.2, 0) is 16.1 Å². The fraction of sp³-hybridized carbons (Fsp3) is 0.481. The summed E-state index contributed by atoms with van der Waals surface area (Å²) < 4.78 is 5.84. The van der Waals surface area contributed by atoms with Gasteiger partial charge in [-0.05, 0) is 68.0 Å². The number of carbonyl (C=O) groups is 2. The van der Waals surface area contributed by atoms with Crippen LogP contribution in [-0.4, -0.2) is 35.4 Å². The fourth-order valence-electron chi connectivity index (χ4n) is 4.49. The second-order valence-electron chi connectivity index (χ2n) is 9.04. The first-order valence-electron chi connectivity index (χ1n) is 12.0. The monoisotopic (exact) mass is 504 g/mol. The Morgan fingerprint density at radius 2 is 1.74 bits per heavy atom. The molecular weight excluding hydrogens is 471 g/mol. The average Bonchev–Trinajstić information content (AvgIpc) is 2.82. The van der Waals surface area contributed by atoms with E-state index in [0.717, 1.165) is 42.4 Å². The van der Waals surface area contributed by atoms with Crippen LogP contribution in [0.5, 0.6) is 5.75 Å². The van der Waals surface area contributed by atoms with Crippen LogP contribution in [0, 0.1) is 13.8 Å². The van der Waals surface area contributed by atoms with Gasteiger partial charge in [-0.2, -0.15) is 0 Å². The van der Waals surface area contributed by atoms with Gasteiger partial charge in [-0.3, -0.25) is 9.59 Å². The summed E-state index contributed by atoms with van der Waals surface area (Å²) in [7, 11) is 0. The first-order chi connectivity index (χ1) is 16.3. The Hall–Kier alpha value is -2.24. The maximum absolute atomic E-state index is 13.4. The molecule has 0 aliphatic heterocycles. The number of nitrogens with zero attached hydrogens (tertiary/aromatic N) is 1. The van der Waals surface area contributed by atoms with Crippen LogP contribution in [0.15, 0.2) is 36.4 Å². The number of hydrogen-bond acceptors (Lipinski definition) is 3. The second kappa shape index (κ2) is 12.5. The predicted octanol–water partition coefficient (Wildman–Crippen LogP) is 6.25. The van der Waals surface area contributed by atoms with Crippen molar-refractivity contribution in [2.75, 3.05) is 6.61 Å². The van der Waals surface area contributed by atoms with E-state index in [1.54, 1.807) is 11.0 Å². The molecule has 1 saturated carbocycles. The van der Waals surface area contributed by atoms with Crippen LogP contribution < -0.4 is 10.1 Å². The van der Waals surface area contributed by atoms with E-state index in [-0.39, 0.29) is 31.0 Å². The Morgan fingerprint density at radius 1 is 1.09 bits per heavy atom. The number of nitrogens with one attached hydrogen (secondary N) is 1. The molecular formula is C27H34Cl2N2O3. The lowest BCUT2D eigenvalue weighted by Crippen LogP contribution is -2.52. The SMILES string of the molecule is CC[C@H](C(=O)NC1CCCCC1)N(Cc1ccccc1Cl)C(=O)COc1cc(C)c(Cl)c(C)c1. The Kier molecular flexibility index (Phi) is 9.66. The molecule has 1 fully saturated rings. The number of hydrogen-bond donors (Lipinski definition) is 1. The van der Waals surface area contributed by atoms with E-state index in [9.17, 15) is 9.59 Å². The highest BCUT2D eigenvalue weighted by Gasteiger charge is 2.31. The van der Waals surface area contributed by atoms with Gasteiger partial charge >= 0.3 is 0 Å². The molecule has 34 heavy (non-hydrogen) atoms. The van der Waals surface area contributed by atoms with Gasteiger partial charge in [0.1, 0.15) is 11.8 Å². The number of halogens is 2. The minimum Gasteiger partial charge on any atom is -0.484 e. The maximum atomic E-state index is 13.4. The number of benzene rings is 2. The van der Waals surface area contributed by atoms with Crippen molar-refractivity contribution >= 4 is 35.0 Å². The van der Waals surface area contributed by atoms with Crippen molar-refractivity contribution < 1.29 is 14.3 Å². The summed E-state index contributed by atoms with van der Waals surface area (Å²) in [6.45, 7) is 5.77. The first-order valence-corrected chi connectivity index (χ1v) is 12.8. The molecule has 2 aromatic rings. The summed E-state index contributed by atoms with van der Waals surface area (Å²) in [5.74, 6) is 0.189. The Labute approximate surface area is 212 Å². The molecule has 5 nitrogen and oxygen atoms in total. The van der Waals surface area contributed by atoms with Crippen molar-refractivity contribution in [3.05, 3.63) is 63.1 Å². The summed E-state index contributed by atoms with van der Waals surface area (Å²) in [4.78, 5) is 28.3. The molecule has 0 saturated heterocycles. The second-order valence-corrected chi connectivity index (χ2v) is 9.83. The normalized spacial score (nSPS) is 15.0. The van der Waals surface area contributed by atoms with Crippen LogP contribution >= 0.6 is 23.2 Å². The van der Waals surface area contributed by atoms with E-state index in [4.69, 9.17) is 27.9 Å². The minimum atomic E-state index is -0.608. The van der Waals surface area contributed by atoms with E-state index in [2.05, 4.69) is 5.32 Å². The molecule has 184 valence electrons. The van der Waals surface area contributed by atoms with Crippen molar-refractivity contribution in [2.45, 2.75) is 77.9 Å². The average molecular weight is 505 g/mol. The van der Waals surface area contributed by atoms with Gasteiger partial charge in [0, 0.05) is 22.6 Å². The molecule has 0 bridgehead atoms. The third-order valence-corrected chi connectivity index (χ3v) is 7.37. The van der Waals surface area contributed by atoms with E-state index in [0.29, 0.717) is 22.2 Å². The van der Waals surface area contributed by atoms with E-state index in [1.165, 1.54) is 6.42 Å². The third-order valence-electron chi connectivity index (χ3n) is 6.41. The number of ether oxygens (including phenoxy) is 1. The molecule has 0 radical (unpaired) electrons. The van der Waals surface area contributed by atoms with Crippen molar-refractivity contribution in [2.24, 2.45) is 0 Å². The largest absolute Gasteiger partial charge is 0.484 e. The zero-order valence-electron chi connectivity index (χ0n) is 20.2. The van der Waals surface area contributed by atoms with Gasteiger partial charge in [-0.1, -0.05) is 67.6 Å². The van der Waals surface area contributed by atoms with Crippen molar-refractivity contribution in [1.82, 2.24) is 10.2 Å². The molecule has 1 aliphatic carbocycles. The summed E-state index contributed by atoms with van der Waals surface area (Å²) in [6, 6.07) is 10.6. The molecule has 0 heterocycles. The molecule has 2 amide bonds. The van der Waals surface area contributed by atoms with E-state index >= 15 is 0 Å². The van der Waals surface area contributed by atoms with E-state index in [1.807, 2.05) is 51.1 Å². The third kappa shape index (κ3) is 6.89. The Bertz CT molecular complexity index is 982. The van der Waals surface area contributed by atoms with Gasteiger partial charge in [0.25, 0.3) is 5.91 Å². The van der Waals surface area contributed by atoms with Gasteiger partial charge < -0.3 is 15.0 Å². The van der Waals surface area contributed by atoms with Gasteiger partial charge in [0.2, 0.25) is 5.91 Å². The van der Waals surface area contributed by atoms with Crippen LogP contribution in [0.4, 0.5) is 0 Å². The molecule has 3 rings (SSSR count). The zero-order valence-corrected chi connectivity index (χ0v) is 21.7. The maximum Gasteiger partial charge on any atom is 0.261 e. The predicted molar refractivity (Wildman–Crippen MR) is 138 cm³/mol. The fourth-order valence-corrected chi connectivity index (χ4v) is 4.80. The van der Waals surface area contributed by atoms with Crippen LogP contribution in [0.25, 0.3) is 0 Å². The summed E-state index contributed by atoms with van der Waals surface area (Å²) in [5.41, 5.74) is 2.56. The molecule has 2 aromatic carbocycles. The van der Waals surface area contributed by atoms with Gasteiger partial charge in [-0.15, -0.1) is 0 Å². The summed E-state index contributed by atoms with van der Waals surface area (Å²) >= 11 is 12.7. The Morgan fingerprint density at radius 3 is 2.35 bits per heavy atom. The number of carbonyl (C=O) groups excluding carboxylic acids is 2. The first kappa shape index (κ1) is 26.4. The van der Waals surface area contributed by atoms with Crippen molar-refractivity contribution in [3.8, 4) is 5.75 Å². The molecule has 7 heteroatoms. The van der Waals surface area contributed by atoms with Crippen molar-refractivity contribution in [1.29, 1.82) is 0 Å². The summed E-state index contributed by atoms with van der Waals surface area (Å²) in [5, 5.41) is 4.43. The summed E-state index contributed by atoms with van der Waals surface area (Å²) in [6.07, 6.45) is 5.92. The van der Waals surface area contributed by atoms with Gasteiger partial charge in [-0.25, -0.2) is 0 Å². The molecule has 1 atom stereocenters. The van der Waals surface area contributed by atoms with E-state index < -0.39 is 6.04 Å². The smallest absolute Gasteiger partial charge is 0.261 e. The Balaban J connectivity index is 1.79. The standard InChI is InChI=1S/C27H34Cl2N2O3/c1-4-24(27(33)30-21-11-6-5-7-12-21)31(16-20-10-8-9-13-23(20)28)25(32)17-34-22-14-18(2)26(29)19(3)15-22/h8-10,13-15,21,24H,4-7,11-12,16-17H2,1-3H3,(H,30,33)/t24-/m1/s1. The molecule has 0 spiro atoms. The van der Waals surface area contributed by atoms with Crippen molar-refractivity contribution in [3.63, 3.8) is 0 Å². The molecule has 1 aliphatic rings. The van der Waals surface area contributed by atoms with Gasteiger partial charge in [0.05, 0.1) is 0 Å². The lowest BCUT2D eigenvalue weighted by molar-refractivity contribution is -0.143. The quantitative estimate of drug-likeness (QED) is 0.439. The van der Waals surface area contributed by atoms with Crippen LogP contribution in [0.3, 0.4) is 0 Å². The lowest BCUT2D eigenvalue weighted by atomic mass is 9.95. The van der Waals surface area contributed by atoms with Crippen LogP contribution in [0.2, 0.25) is 10.0 Å². The number of aryl methyl sites for hydroxylation is 2. The number of amides is 2. The van der Waals surface area contributed by atoms with Gasteiger partial charge in [0.15, 0.2) is 6.61 Å². The minimum absolute atomic E-state index is 0.118. The number of rotatable bonds is 9. The zero-order chi connectivity index (χ0) is 24.7. The topological polar surface area (TPSA) is 58.6 Å². The molecule has 1 N–H and O–H groups in total. The highest BCUT2D eigenvalue weighted by atomic mass is 35.5.